The van der Waals surface area contributed by atoms with E-state index in [-0.39, 0.29) is 0 Å². The average molecular weight is 279 g/mol. The van der Waals surface area contributed by atoms with Crippen LogP contribution < -0.4 is 0 Å². The first kappa shape index (κ1) is 11.6. The van der Waals surface area contributed by atoms with Crippen LogP contribution >= 0.6 is 22.9 Å². The summed E-state index contributed by atoms with van der Waals surface area (Å²) in [6, 6.07) is 7.56. The van der Waals surface area contributed by atoms with Crippen molar-refractivity contribution in [2.75, 3.05) is 0 Å². The SMILES string of the molecule is Cc1ccc(-c2cc3c(F)ncnc3s2)cc1Cl. The Balaban J connectivity index is 2.19. The summed E-state index contributed by atoms with van der Waals surface area (Å²) in [6.07, 6.45) is 1.24. The lowest BCUT2D eigenvalue weighted by molar-refractivity contribution is 0.594. The normalized spacial score (nSPS) is 11.1. The van der Waals surface area contributed by atoms with Gasteiger partial charge in [0.05, 0.1) is 5.39 Å². The van der Waals surface area contributed by atoms with Gasteiger partial charge in [0, 0.05) is 9.90 Å². The number of fused-ring (bicyclic) bond motifs is 1. The third kappa shape index (κ3) is 1.87. The Morgan fingerprint density at radius 3 is 2.78 bits per heavy atom. The summed E-state index contributed by atoms with van der Waals surface area (Å²) >= 11 is 7.53. The van der Waals surface area contributed by atoms with Crippen molar-refractivity contribution in [1.82, 2.24) is 9.97 Å². The van der Waals surface area contributed by atoms with Crippen LogP contribution in [0.5, 0.6) is 0 Å². The predicted molar refractivity (Wildman–Crippen MR) is 72.6 cm³/mol. The Morgan fingerprint density at radius 2 is 2.06 bits per heavy atom. The van der Waals surface area contributed by atoms with Crippen LogP contribution in [0.1, 0.15) is 5.56 Å². The monoisotopic (exact) mass is 278 g/mol. The molecule has 0 unspecified atom stereocenters. The lowest BCUT2D eigenvalue weighted by Gasteiger charge is -2.00. The summed E-state index contributed by atoms with van der Waals surface area (Å²) in [4.78, 5) is 9.20. The minimum atomic E-state index is -0.485. The van der Waals surface area contributed by atoms with Gasteiger partial charge in [-0.1, -0.05) is 23.7 Å². The number of rotatable bonds is 1. The molecule has 5 heteroatoms. The number of halogens is 2. The average Bonchev–Trinajstić information content (AvgIpc) is 2.78. The largest absolute Gasteiger partial charge is 0.225 e. The van der Waals surface area contributed by atoms with Gasteiger partial charge in [-0.3, -0.25) is 0 Å². The van der Waals surface area contributed by atoms with E-state index >= 15 is 0 Å². The third-order valence-electron chi connectivity index (χ3n) is 2.74. The number of benzene rings is 1. The van der Waals surface area contributed by atoms with Crippen molar-refractivity contribution in [1.29, 1.82) is 0 Å². The first-order valence-electron chi connectivity index (χ1n) is 5.32. The highest BCUT2D eigenvalue weighted by molar-refractivity contribution is 7.21. The Bertz CT molecular complexity index is 739. The molecule has 0 fully saturated rings. The van der Waals surface area contributed by atoms with E-state index in [4.69, 9.17) is 11.6 Å². The number of hydrogen-bond donors (Lipinski definition) is 0. The lowest BCUT2D eigenvalue weighted by atomic mass is 10.1. The van der Waals surface area contributed by atoms with Gasteiger partial charge in [0.2, 0.25) is 5.95 Å². The molecule has 0 spiro atoms. The first-order chi connectivity index (χ1) is 8.65. The molecule has 0 radical (unpaired) electrons. The molecule has 0 saturated heterocycles. The molecule has 0 saturated carbocycles. The van der Waals surface area contributed by atoms with Crippen LogP contribution in [0.3, 0.4) is 0 Å². The maximum absolute atomic E-state index is 13.5. The molecule has 0 aliphatic carbocycles. The maximum Gasteiger partial charge on any atom is 0.224 e. The van der Waals surface area contributed by atoms with Gasteiger partial charge in [-0.15, -0.1) is 11.3 Å². The van der Waals surface area contributed by atoms with Crippen molar-refractivity contribution in [3.63, 3.8) is 0 Å². The second-order valence-corrected chi connectivity index (χ2v) is 5.40. The molecule has 3 rings (SSSR count). The van der Waals surface area contributed by atoms with Crippen LogP contribution in [0.4, 0.5) is 4.39 Å². The Labute approximate surface area is 112 Å². The molecule has 1 aromatic carbocycles. The van der Waals surface area contributed by atoms with E-state index in [1.165, 1.54) is 17.7 Å². The van der Waals surface area contributed by atoms with E-state index in [0.717, 1.165) is 16.0 Å². The zero-order valence-electron chi connectivity index (χ0n) is 9.45. The molecule has 0 aliphatic rings. The van der Waals surface area contributed by atoms with E-state index in [9.17, 15) is 4.39 Å². The second kappa shape index (κ2) is 4.30. The molecule has 2 heterocycles. The molecule has 0 amide bonds. The molecule has 0 N–H and O–H groups in total. The topological polar surface area (TPSA) is 25.8 Å². The number of aryl methyl sites for hydroxylation is 1. The van der Waals surface area contributed by atoms with Gasteiger partial charge in [-0.2, -0.15) is 4.39 Å². The Kier molecular flexibility index (Phi) is 2.76. The third-order valence-corrected chi connectivity index (χ3v) is 4.24. The van der Waals surface area contributed by atoms with Crippen molar-refractivity contribution in [3.8, 4) is 10.4 Å². The van der Waals surface area contributed by atoms with Gasteiger partial charge in [0.1, 0.15) is 11.2 Å². The molecule has 18 heavy (non-hydrogen) atoms. The molecular weight excluding hydrogens is 271 g/mol. The predicted octanol–water partition coefficient (Wildman–Crippen LogP) is 4.46. The summed E-state index contributed by atoms with van der Waals surface area (Å²) in [5, 5.41) is 1.16. The molecule has 90 valence electrons. The van der Waals surface area contributed by atoms with E-state index in [2.05, 4.69) is 9.97 Å². The van der Waals surface area contributed by atoms with Gasteiger partial charge in [0.15, 0.2) is 0 Å². The second-order valence-electron chi connectivity index (χ2n) is 3.96. The highest BCUT2D eigenvalue weighted by atomic mass is 35.5. The zero-order valence-corrected chi connectivity index (χ0v) is 11.0. The van der Waals surface area contributed by atoms with E-state index in [0.29, 0.717) is 15.2 Å². The lowest BCUT2D eigenvalue weighted by Crippen LogP contribution is -1.82. The summed E-state index contributed by atoms with van der Waals surface area (Å²) in [7, 11) is 0. The highest BCUT2D eigenvalue weighted by Crippen LogP contribution is 2.34. The van der Waals surface area contributed by atoms with Crippen LogP contribution in [0.25, 0.3) is 20.7 Å². The van der Waals surface area contributed by atoms with E-state index in [1.807, 2.05) is 25.1 Å². The number of thiophene rings is 1. The van der Waals surface area contributed by atoms with Gasteiger partial charge < -0.3 is 0 Å². The number of hydrogen-bond acceptors (Lipinski definition) is 3. The summed E-state index contributed by atoms with van der Waals surface area (Å²) in [5.41, 5.74) is 1.99. The first-order valence-corrected chi connectivity index (χ1v) is 6.51. The van der Waals surface area contributed by atoms with Crippen LogP contribution in [0.15, 0.2) is 30.6 Å². The molecule has 0 bridgehead atoms. The molecule has 0 aliphatic heterocycles. The van der Waals surface area contributed by atoms with Crippen LogP contribution in [-0.4, -0.2) is 9.97 Å². The van der Waals surface area contributed by atoms with Crippen molar-refractivity contribution in [2.45, 2.75) is 6.92 Å². The van der Waals surface area contributed by atoms with Gasteiger partial charge >= 0.3 is 0 Å². The van der Waals surface area contributed by atoms with E-state index in [1.54, 1.807) is 6.07 Å². The number of nitrogens with zero attached hydrogens (tertiary/aromatic N) is 2. The zero-order chi connectivity index (χ0) is 12.7. The molecule has 2 nitrogen and oxygen atoms in total. The van der Waals surface area contributed by atoms with Gasteiger partial charge in [0.25, 0.3) is 0 Å². The summed E-state index contributed by atoms with van der Waals surface area (Å²) in [5.74, 6) is -0.485. The fourth-order valence-electron chi connectivity index (χ4n) is 1.72. The summed E-state index contributed by atoms with van der Waals surface area (Å²) in [6.45, 7) is 1.95. The highest BCUT2D eigenvalue weighted by Gasteiger charge is 2.10. The molecule has 2 aromatic heterocycles. The van der Waals surface area contributed by atoms with E-state index < -0.39 is 5.95 Å². The Hall–Kier alpha value is -1.52. The molecule has 3 aromatic rings. The van der Waals surface area contributed by atoms with Crippen molar-refractivity contribution < 1.29 is 4.39 Å². The van der Waals surface area contributed by atoms with Crippen LogP contribution in [0.2, 0.25) is 5.02 Å². The van der Waals surface area contributed by atoms with Crippen molar-refractivity contribution in [2.24, 2.45) is 0 Å². The minimum Gasteiger partial charge on any atom is -0.225 e. The molecule has 0 atom stereocenters. The summed E-state index contributed by atoms with van der Waals surface area (Å²) < 4.78 is 13.5. The van der Waals surface area contributed by atoms with Crippen molar-refractivity contribution in [3.05, 3.63) is 47.1 Å². The standard InChI is InChI=1S/C13H8ClFN2S/c1-7-2-3-8(4-10(7)14)11-5-9-12(15)16-6-17-13(9)18-11/h2-6H,1H3. The van der Waals surface area contributed by atoms with Crippen molar-refractivity contribution >= 4 is 33.2 Å². The maximum atomic E-state index is 13.5. The molecular formula is C13H8ClFN2S. The number of aromatic nitrogens is 2. The minimum absolute atomic E-state index is 0.453. The van der Waals surface area contributed by atoms with Gasteiger partial charge in [-0.05, 0) is 30.2 Å². The smallest absolute Gasteiger partial charge is 0.224 e. The quantitative estimate of drug-likeness (QED) is 0.614. The van der Waals surface area contributed by atoms with Crippen LogP contribution in [-0.2, 0) is 0 Å². The Morgan fingerprint density at radius 1 is 1.22 bits per heavy atom. The van der Waals surface area contributed by atoms with Crippen LogP contribution in [0, 0.1) is 12.9 Å². The van der Waals surface area contributed by atoms with Gasteiger partial charge in [-0.25, -0.2) is 9.97 Å². The fourth-order valence-corrected chi connectivity index (χ4v) is 2.88. The fraction of sp³-hybridized carbons (Fsp3) is 0.0769.